The van der Waals surface area contributed by atoms with Crippen LogP contribution in [0.25, 0.3) is 0 Å². The van der Waals surface area contributed by atoms with Gasteiger partial charge in [-0.3, -0.25) is 0 Å². The lowest BCUT2D eigenvalue weighted by Crippen LogP contribution is -2.36. The van der Waals surface area contributed by atoms with Crippen molar-refractivity contribution in [2.24, 2.45) is 17.3 Å². The van der Waals surface area contributed by atoms with Crippen LogP contribution >= 0.6 is 0 Å². The molecule has 0 heteroatoms. The zero-order chi connectivity index (χ0) is 9.19. The highest BCUT2D eigenvalue weighted by Gasteiger charge is 2.38. The Morgan fingerprint density at radius 2 is 1.92 bits per heavy atom. The molecule has 1 saturated carbocycles. The van der Waals surface area contributed by atoms with Crippen molar-refractivity contribution in [1.82, 2.24) is 0 Å². The Morgan fingerprint density at radius 1 is 1.25 bits per heavy atom. The molecule has 3 atom stereocenters. The minimum atomic E-state index is 0.646. The van der Waals surface area contributed by atoms with Gasteiger partial charge in [0.1, 0.15) is 0 Å². The van der Waals surface area contributed by atoms with Crippen molar-refractivity contribution in [2.75, 3.05) is 0 Å². The molecule has 0 amide bonds. The molecule has 0 bridgehead atoms. The van der Waals surface area contributed by atoms with Gasteiger partial charge in [-0.1, -0.05) is 53.4 Å². The highest BCUT2D eigenvalue weighted by Crippen LogP contribution is 2.48. The van der Waals surface area contributed by atoms with Gasteiger partial charge in [0.05, 0.1) is 0 Å². The minimum absolute atomic E-state index is 0.646. The summed E-state index contributed by atoms with van der Waals surface area (Å²) in [5.74, 6) is 1.94. The average molecular weight is 168 g/mol. The van der Waals surface area contributed by atoms with Crippen molar-refractivity contribution >= 4 is 0 Å². The fraction of sp³-hybridized carbons (Fsp3) is 1.00. The van der Waals surface area contributed by atoms with Crippen LogP contribution in [0.2, 0.25) is 0 Å². The summed E-state index contributed by atoms with van der Waals surface area (Å²) in [6.45, 7) is 9.68. The smallest absolute Gasteiger partial charge is 0.0275 e. The van der Waals surface area contributed by atoms with Crippen LogP contribution in [0.3, 0.4) is 0 Å². The maximum absolute atomic E-state index is 2.50. The highest BCUT2D eigenvalue weighted by atomic mass is 14.4. The lowest BCUT2D eigenvalue weighted by Gasteiger charge is -2.46. The molecule has 12 heavy (non-hydrogen) atoms. The second kappa shape index (κ2) is 3.81. The minimum Gasteiger partial charge on any atom is -0.0651 e. The Bertz CT molecular complexity index is 139. The number of rotatable bonds is 2. The Hall–Kier alpha value is 0. The topological polar surface area (TPSA) is 0 Å². The molecule has 0 aromatic rings. The van der Waals surface area contributed by atoms with Crippen LogP contribution in [0.15, 0.2) is 0 Å². The van der Waals surface area contributed by atoms with Gasteiger partial charge in [0.2, 0.25) is 0 Å². The van der Waals surface area contributed by atoms with E-state index >= 15 is 0 Å². The summed E-state index contributed by atoms with van der Waals surface area (Å²) < 4.78 is 0. The summed E-state index contributed by atoms with van der Waals surface area (Å²) >= 11 is 0. The van der Waals surface area contributed by atoms with Gasteiger partial charge >= 0.3 is 0 Å². The molecular formula is C12H24. The normalized spacial score (nSPS) is 43.0. The van der Waals surface area contributed by atoms with E-state index in [2.05, 4.69) is 27.7 Å². The molecule has 0 saturated heterocycles. The van der Waals surface area contributed by atoms with E-state index in [9.17, 15) is 0 Å². The van der Waals surface area contributed by atoms with Crippen LogP contribution < -0.4 is 0 Å². The fourth-order valence-corrected chi connectivity index (χ4v) is 3.04. The SMILES string of the molecule is CC[C@@H]1CCC[C@@H](C)[C@]1(C)CC. The quantitative estimate of drug-likeness (QED) is 0.578. The van der Waals surface area contributed by atoms with E-state index in [0.717, 1.165) is 11.8 Å². The maximum atomic E-state index is 2.50. The van der Waals surface area contributed by atoms with Crippen LogP contribution in [-0.4, -0.2) is 0 Å². The highest BCUT2D eigenvalue weighted by molar-refractivity contribution is 4.88. The van der Waals surface area contributed by atoms with Gasteiger partial charge in [-0.2, -0.15) is 0 Å². The first-order valence-electron chi connectivity index (χ1n) is 5.65. The molecule has 0 unspecified atom stereocenters. The van der Waals surface area contributed by atoms with Crippen molar-refractivity contribution in [3.8, 4) is 0 Å². The Balaban J connectivity index is 2.72. The largest absolute Gasteiger partial charge is 0.0651 e. The van der Waals surface area contributed by atoms with Crippen LogP contribution in [-0.2, 0) is 0 Å². The van der Waals surface area contributed by atoms with Gasteiger partial charge in [-0.15, -0.1) is 0 Å². The van der Waals surface area contributed by atoms with E-state index < -0.39 is 0 Å². The van der Waals surface area contributed by atoms with Crippen molar-refractivity contribution in [1.29, 1.82) is 0 Å². The molecule has 1 fully saturated rings. The van der Waals surface area contributed by atoms with Gasteiger partial charge < -0.3 is 0 Å². The van der Waals surface area contributed by atoms with Crippen molar-refractivity contribution in [3.63, 3.8) is 0 Å². The van der Waals surface area contributed by atoms with E-state index in [1.807, 2.05) is 0 Å². The Kier molecular flexibility index (Phi) is 3.20. The Labute approximate surface area is 77.7 Å². The molecule has 72 valence electrons. The monoisotopic (exact) mass is 168 g/mol. The Morgan fingerprint density at radius 3 is 2.33 bits per heavy atom. The molecule has 1 rings (SSSR count). The third kappa shape index (κ3) is 1.53. The van der Waals surface area contributed by atoms with Crippen molar-refractivity contribution < 1.29 is 0 Å². The van der Waals surface area contributed by atoms with Gasteiger partial charge in [-0.05, 0) is 23.7 Å². The van der Waals surface area contributed by atoms with E-state index in [1.54, 1.807) is 0 Å². The molecule has 0 aliphatic heterocycles. The summed E-state index contributed by atoms with van der Waals surface area (Å²) in [6, 6.07) is 0. The summed E-state index contributed by atoms with van der Waals surface area (Å²) in [7, 11) is 0. The van der Waals surface area contributed by atoms with Crippen molar-refractivity contribution in [2.45, 2.75) is 59.8 Å². The summed E-state index contributed by atoms with van der Waals surface area (Å²) in [4.78, 5) is 0. The van der Waals surface area contributed by atoms with E-state index in [1.165, 1.54) is 32.1 Å². The summed E-state index contributed by atoms with van der Waals surface area (Å²) in [5, 5.41) is 0. The van der Waals surface area contributed by atoms with Crippen LogP contribution in [0, 0.1) is 17.3 Å². The average Bonchev–Trinajstić information content (AvgIpc) is 2.10. The third-order valence-corrected chi connectivity index (χ3v) is 4.50. The van der Waals surface area contributed by atoms with Crippen LogP contribution in [0.4, 0.5) is 0 Å². The van der Waals surface area contributed by atoms with Gasteiger partial charge in [0, 0.05) is 0 Å². The molecule has 0 spiro atoms. The van der Waals surface area contributed by atoms with E-state index in [4.69, 9.17) is 0 Å². The summed E-state index contributed by atoms with van der Waals surface area (Å²) in [6.07, 6.45) is 7.16. The zero-order valence-corrected chi connectivity index (χ0v) is 9.19. The second-order valence-corrected chi connectivity index (χ2v) is 4.80. The molecule has 0 aromatic heterocycles. The molecule has 0 N–H and O–H groups in total. The standard InChI is InChI=1S/C12H24/c1-5-11-9-7-8-10(3)12(11,4)6-2/h10-11H,5-9H2,1-4H3/t10-,11-,12+/m1/s1. The van der Waals surface area contributed by atoms with Crippen LogP contribution in [0.5, 0.6) is 0 Å². The van der Waals surface area contributed by atoms with Crippen LogP contribution in [0.1, 0.15) is 59.8 Å². The lowest BCUT2D eigenvalue weighted by atomic mass is 9.60. The molecule has 0 nitrogen and oxygen atoms in total. The molecule has 0 heterocycles. The van der Waals surface area contributed by atoms with Gasteiger partial charge in [-0.25, -0.2) is 0 Å². The molecule has 0 aromatic carbocycles. The number of hydrogen-bond donors (Lipinski definition) is 0. The maximum Gasteiger partial charge on any atom is -0.0275 e. The van der Waals surface area contributed by atoms with Gasteiger partial charge in [0.25, 0.3) is 0 Å². The molecular weight excluding hydrogens is 144 g/mol. The van der Waals surface area contributed by atoms with Crippen molar-refractivity contribution in [3.05, 3.63) is 0 Å². The summed E-state index contributed by atoms with van der Waals surface area (Å²) in [5.41, 5.74) is 0.646. The first kappa shape index (κ1) is 10.1. The predicted molar refractivity (Wildman–Crippen MR) is 55.2 cm³/mol. The zero-order valence-electron chi connectivity index (χ0n) is 9.19. The lowest BCUT2D eigenvalue weighted by molar-refractivity contribution is 0.0440. The van der Waals surface area contributed by atoms with E-state index in [0.29, 0.717) is 5.41 Å². The fourth-order valence-electron chi connectivity index (χ4n) is 3.04. The first-order chi connectivity index (χ1) is 5.65. The third-order valence-electron chi connectivity index (χ3n) is 4.50. The molecule has 1 aliphatic carbocycles. The second-order valence-electron chi connectivity index (χ2n) is 4.80. The van der Waals surface area contributed by atoms with Gasteiger partial charge in [0.15, 0.2) is 0 Å². The van der Waals surface area contributed by atoms with E-state index in [-0.39, 0.29) is 0 Å². The molecule has 0 radical (unpaired) electrons. The first-order valence-corrected chi connectivity index (χ1v) is 5.65. The molecule has 1 aliphatic rings. The number of hydrogen-bond acceptors (Lipinski definition) is 0. The predicted octanol–water partition coefficient (Wildman–Crippen LogP) is 4.25.